The summed E-state index contributed by atoms with van der Waals surface area (Å²) in [6.45, 7) is 4.25. The fraction of sp³-hybridized carbons (Fsp3) is 0.200. The van der Waals surface area contributed by atoms with Crippen LogP contribution in [0.4, 0.5) is 5.69 Å². The number of nitrogens with zero attached hydrogens (tertiary/aromatic N) is 2. The molecule has 0 spiro atoms. The number of aromatic nitrogens is 1. The molecule has 25 heavy (non-hydrogen) atoms. The fourth-order valence-corrected chi connectivity index (χ4v) is 4.67. The molecule has 2 atom stereocenters. The second-order valence-electron chi connectivity index (χ2n) is 6.36. The molecule has 0 bridgehead atoms. The molecule has 1 fully saturated rings. The van der Waals surface area contributed by atoms with Crippen molar-refractivity contribution in [1.82, 2.24) is 10.3 Å². The second-order valence-corrected chi connectivity index (χ2v) is 7.72. The molecule has 1 N–H and O–H groups in total. The predicted molar refractivity (Wildman–Crippen MR) is 108 cm³/mol. The highest BCUT2D eigenvalue weighted by molar-refractivity contribution is 7.80. The van der Waals surface area contributed by atoms with E-state index in [9.17, 15) is 0 Å². The Kier molecular flexibility index (Phi) is 4.27. The maximum Gasteiger partial charge on any atom is 0.174 e. The zero-order chi connectivity index (χ0) is 17.4. The zero-order valence-electron chi connectivity index (χ0n) is 14.1. The largest absolute Gasteiger partial charge is 0.351 e. The van der Waals surface area contributed by atoms with Crippen molar-refractivity contribution in [2.45, 2.75) is 25.9 Å². The van der Waals surface area contributed by atoms with Crippen molar-refractivity contribution in [2.24, 2.45) is 0 Å². The second kappa shape index (κ2) is 6.58. The summed E-state index contributed by atoms with van der Waals surface area (Å²) in [7, 11) is 0. The molecule has 0 aliphatic carbocycles. The Balaban J connectivity index is 1.83. The number of rotatable bonds is 3. The van der Waals surface area contributed by atoms with Crippen LogP contribution in [0.3, 0.4) is 0 Å². The number of hydrogen-bond donors (Lipinski definition) is 1. The van der Waals surface area contributed by atoms with Gasteiger partial charge in [0.2, 0.25) is 0 Å². The third-order valence-corrected chi connectivity index (χ3v) is 5.67. The zero-order valence-corrected chi connectivity index (χ0v) is 15.8. The summed E-state index contributed by atoms with van der Waals surface area (Å²) >= 11 is 7.49. The highest BCUT2D eigenvalue weighted by Crippen LogP contribution is 2.43. The van der Waals surface area contributed by atoms with E-state index in [1.807, 2.05) is 18.3 Å². The van der Waals surface area contributed by atoms with Crippen LogP contribution < -0.4 is 10.2 Å². The molecule has 5 heteroatoms. The van der Waals surface area contributed by atoms with Gasteiger partial charge < -0.3 is 10.2 Å². The molecule has 0 radical (unpaired) electrons. The molecular formula is C20H19N3S2. The van der Waals surface area contributed by atoms with E-state index >= 15 is 0 Å². The van der Waals surface area contributed by atoms with Gasteiger partial charge in [-0.2, -0.15) is 0 Å². The van der Waals surface area contributed by atoms with Gasteiger partial charge in [-0.05, 0) is 72.9 Å². The smallest absolute Gasteiger partial charge is 0.174 e. The van der Waals surface area contributed by atoms with Gasteiger partial charge in [0.05, 0.1) is 17.8 Å². The molecule has 1 aliphatic heterocycles. The van der Waals surface area contributed by atoms with Crippen LogP contribution in [0.25, 0.3) is 0 Å². The molecule has 4 rings (SSSR count). The van der Waals surface area contributed by atoms with Crippen LogP contribution in [0.5, 0.6) is 0 Å². The van der Waals surface area contributed by atoms with Crippen molar-refractivity contribution < 1.29 is 0 Å². The molecule has 0 saturated carbocycles. The topological polar surface area (TPSA) is 28.2 Å². The Morgan fingerprint density at radius 1 is 1.08 bits per heavy atom. The van der Waals surface area contributed by atoms with Crippen LogP contribution in [-0.4, -0.2) is 10.1 Å². The van der Waals surface area contributed by atoms with E-state index in [1.54, 1.807) is 11.3 Å². The van der Waals surface area contributed by atoms with Gasteiger partial charge in [0.25, 0.3) is 0 Å². The van der Waals surface area contributed by atoms with E-state index in [0.717, 1.165) is 16.5 Å². The Labute approximate surface area is 157 Å². The van der Waals surface area contributed by atoms with Gasteiger partial charge in [-0.25, -0.2) is 0 Å². The first-order valence-corrected chi connectivity index (χ1v) is 9.54. The van der Waals surface area contributed by atoms with Crippen LogP contribution in [0, 0.1) is 13.8 Å². The number of thiocarbonyl (C=S) groups is 1. The lowest BCUT2D eigenvalue weighted by Crippen LogP contribution is -2.29. The van der Waals surface area contributed by atoms with Crippen LogP contribution >= 0.6 is 23.6 Å². The van der Waals surface area contributed by atoms with Gasteiger partial charge in [-0.1, -0.05) is 18.2 Å². The van der Waals surface area contributed by atoms with Gasteiger partial charge in [-0.15, -0.1) is 11.3 Å². The van der Waals surface area contributed by atoms with Gasteiger partial charge in [0.15, 0.2) is 5.11 Å². The minimum absolute atomic E-state index is 0.0353. The minimum Gasteiger partial charge on any atom is -0.351 e. The van der Waals surface area contributed by atoms with Crippen molar-refractivity contribution in [3.8, 4) is 0 Å². The Hall–Kier alpha value is -2.24. The summed E-state index contributed by atoms with van der Waals surface area (Å²) < 4.78 is 0. The number of pyridine rings is 1. The monoisotopic (exact) mass is 365 g/mol. The van der Waals surface area contributed by atoms with E-state index in [2.05, 4.69) is 70.8 Å². The van der Waals surface area contributed by atoms with Gasteiger partial charge >= 0.3 is 0 Å². The molecule has 3 aromatic rings. The van der Waals surface area contributed by atoms with Crippen LogP contribution in [-0.2, 0) is 0 Å². The highest BCUT2D eigenvalue weighted by Gasteiger charge is 2.41. The summed E-state index contributed by atoms with van der Waals surface area (Å²) in [5.74, 6) is 0. The van der Waals surface area contributed by atoms with Crippen molar-refractivity contribution >= 4 is 34.4 Å². The van der Waals surface area contributed by atoms with Crippen molar-refractivity contribution in [3.05, 3.63) is 81.8 Å². The third-order valence-electron chi connectivity index (χ3n) is 4.42. The van der Waals surface area contributed by atoms with E-state index in [0.29, 0.717) is 0 Å². The molecule has 0 unspecified atom stereocenters. The fourth-order valence-electron chi connectivity index (χ4n) is 3.47. The number of nitrogens with one attached hydrogen (secondary N) is 1. The number of benzene rings is 1. The Bertz CT molecular complexity index is 870. The summed E-state index contributed by atoms with van der Waals surface area (Å²) in [5.41, 5.74) is 4.62. The SMILES string of the molecule is Cc1cc(C)cc(N2C(=S)N[C@H](c3ccccn3)[C@@H]2c2cccs2)c1. The maximum atomic E-state index is 5.73. The number of thiophene rings is 1. The van der Waals surface area contributed by atoms with E-state index in [4.69, 9.17) is 12.2 Å². The van der Waals surface area contributed by atoms with Crippen LogP contribution in [0.2, 0.25) is 0 Å². The predicted octanol–water partition coefficient (Wildman–Crippen LogP) is 4.94. The average molecular weight is 366 g/mol. The number of hydrogen-bond acceptors (Lipinski definition) is 3. The standard InChI is InChI=1S/C20H19N3S2/c1-13-10-14(2)12-15(11-13)23-19(17-7-5-9-25-17)18(22-20(23)24)16-6-3-4-8-21-16/h3-12,18-19H,1-2H3,(H,22,24)/t18-,19+/m1/s1. The molecule has 1 aliphatic rings. The van der Waals surface area contributed by atoms with E-state index in [1.165, 1.54) is 16.0 Å². The molecule has 1 saturated heterocycles. The molecule has 3 nitrogen and oxygen atoms in total. The van der Waals surface area contributed by atoms with Crippen molar-refractivity contribution in [2.75, 3.05) is 4.90 Å². The first-order chi connectivity index (χ1) is 12.1. The lowest BCUT2D eigenvalue weighted by molar-refractivity contribution is 0.575. The third kappa shape index (κ3) is 3.05. The highest BCUT2D eigenvalue weighted by atomic mass is 32.1. The molecule has 0 amide bonds. The quantitative estimate of drug-likeness (QED) is 0.666. The average Bonchev–Trinajstić information content (AvgIpc) is 3.22. The maximum absolute atomic E-state index is 5.73. The summed E-state index contributed by atoms with van der Waals surface area (Å²) in [6.07, 6.45) is 1.84. The minimum atomic E-state index is 0.0353. The first-order valence-electron chi connectivity index (χ1n) is 8.26. The Morgan fingerprint density at radius 3 is 2.52 bits per heavy atom. The van der Waals surface area contributed by atoms with Gasteiger partial charge in [-0.3, -0.25) is 4.98 Å². The lowest BCUT2D eigenvalue weighted by atomic mass is 10.0. The summed E-state index contributed by atoms with van der Waals surface area (Å²) in [5, 5.41) is 6.36. The first kappa shape index (κ1) is 16.2. The van der Waals surface area contributed by atoms with Crippen LogP contribution in [0.15, 0.2) is 60.1 Å². The van der Waals surface area contributed by atoms with E-state index in [-0.39, 0.29) is 12.1 Å². The molecule has 2 aromatic heterocycles. The summed E-state index contributed by atoms with van der Waals surface area (Å²) in [6, 6.07) is 17.0. The van der Waals surface area contributed by atoms with Gasteiger partial charge in [0, 0.05) is 16.8 Å². The molecule has 126 valence electrons. The normalized spacial score (nSPS) is 19.9. The summed E-state index contributed by atoms with van der Waals surface area (Å²) in [4.78, 5) is 8.09. The molecule has 3 heterocycles. The molecular weight excluding hydrogens is 346 g/mol. The lowest BCUT2D eigenvalue weighted by Gasteiger charge is -2.27. The molecule has 1 aromatic carbocycles. The van der Waals surface area contributed by atoms with Crippen LogP contribution in [0.1, 0.15) is 33.8 Å². The van der Waals surface area contributed by atoms with Gasteiger partial charge in [0.1, 0.15) is 0 Å². The van der Waals surface area contributed by atoms with Crippen molar-refractivity contribution in [1.29, 1.82) is 0 Å². The number of anilines is 1. The Morgan fingerprint density at radius 2 is 1.88 bits per heavy atom. The van der Waals surface area contributed by atoms with E-state index < -0.39 is 0 Å². The number of aryl methyl sites for hydroxylation is 2. The van der Waals surface area contributed by atoms with Crippen molar-refractivity contribution in [3.63, 3.8) is 0 Å².